The highest BCUT2D eigenvalue weighted by atomic mass is 16.6. The van der Waals surface area contributed by atoms with Gasteiger partial charge in [-0.2, -0.15) is 0 Å². The van der Waals surface area contributed by atoms with Crippen LogP contribution in [0.1, 0.15) is 80.6 Å². The Hall–Kier alpha value is -2.81. The van der Waals surface area contributed by atoms with Gasteiger partial charge in [-0.3, -0.25) is 14.5 Å². The van der Waals surface area contributed by atoms with Crippen molar-refractivity contribution >= 4 is 18.0 Å². The number of rotatable bonds is 12. The van der Waals surface area contributed by atoms with Gasteiger partial charge in [-0.1, -0.05) is 45.1 Å². The topological polar surface area (TPSA) is 179 Å². The summed E-state index contributed by atoms with van der Waals surface area (Å²) < 4.78 is 23.4. The first kappa shape index (κ1) is 41.6. The standard InChI is InChI=1S/C37H60N2O11/c1-8-29(43)26(4)34-30(48-34)23-36(6,46)14-9-10-24(2)33-25(3)11-12-31(47-27(5)41)37(7,15-13-28(42)22-32(44)49-33)50-35(45)39-18-16-38(17-19-39)20-21-40/h9-12,14,25-26,28-31,33-34,40,42-43,46H,8,13,15-23H2,1-7H3/b12-11-,14-9+,24-10+/t25-,26+,28+,29-,30+,31-,33+,34+,36-,37+/m0/s1. The molecule has 50 heavy (non-hydrogen) atoms. The summed E-state index contributed by atoms with van der Waals surface area (Å²) in [5.74, 6) is -1.62. The Morgan fingerprint density at radius 1 is 1.20 bits per heavy atom. The molecule has 0 unspecified atom stereocenters. The van der Waals surface area contributed by atoms with Crippen molar-refractivity contribution in [2.45, 2.75) is 128 Å². The summed E-state index contributed by atoms with van der Waals surface area (Å²) in [4.78, 5) is 42.3. The fraction of sp³-hybridized carbons (Fsp3) is 0.757. The van der Waals surface area contributed by atoms with Gasteiger partial charge in [0.1, 0.15) is 6.10 Å². The van der Waals surface area contributed by atoms with Crippen molar-refractivity contribution in [2.75, 3.05) is 39.3 Å². The number of amides is 1. The van der Waals surface area contributed by atoms with Crippen LogP contribution in [0, 0.1) is 11.8 Å². The molecule has 0 aromatic carbocycles. The number of carbonyl (C=O) groups is 3. The summed E-state index contributed by atoms with van der Waals surface area (Å²) in [5, 5.41) is 41.3. The van der Waals surface area contributed by atoms with E-state index in [1.54, 1.807) is 56.1 Å². The van der Waals surface area contributed by atoms with Gasteiger partial charge in [0, 0.05) is 57.9 Å². The average Bonchev–Trinajstić information content (AvgIpc) is 3.81. The zero-order valence-electron chi connectivity index (χ0n) is 30.8. The van der Waals surface area contributed by atoms with Crippen molar-refractivity contribution in [3.05, 3.63) is 36.0 Å². The number of carbonyl (C=O) groups excluding carboxylic acids is 3. The molecule has 284 valence electrons. The van der Waals surface area contributed by atoms with E-state index < -0.39 is 59.6 Å². The second-order valence-corrected chi connectivity index (χ2v) is 14.6. The molecule has 2 saturated heterocycles. The summed E-state index contributed by atoms with van der Waals surface area (Å²) in [5.41, 5.74) is -1.87. The van der Waals surface area contributed by atoms with Gasteiger partial charge in [0.25, 0.3) is 0 Å². The molecule has 3 aliphatic heterocycles. The largest absolute Gasteiger partial charge is 0.457 e. The minimum Gasteiger partial charge on any atom is -0.457 e. The zero-order chi connectivity index (χ0) is 37.2. The van der Waals surface area contributed by atoms with Crippen molar-refractivity contribution in [2.24, 2.45) is 11.8 Å². The fourth-order valence-corrected chi connectivity index (χ4v) is 6.64. The van der Waals surface area contributed by atoms with Crippen LogP contribution < -0.4 is 0 Å². The lowest BCUT2D eigenvalue weighted by Gasteiger charge is -2.39. The third kappa shape index (κ3) is 12.4. The molecule has 0 radical (unpaired) electrons. The third-order valence-electron chi connectivity index (χ3n) is 10.0. The molecule has 0 saturated carbocycles. The monoisotopic (exact) mass is 708 g/mol. The van der Waals surface area contributed by atoms with Crippen LogP contribution in [-0.4, -0.2) is 135 Å². The molecule has 4 N–H and O–H groups in total. The first-order chi connectivity index (χ1) is 23.5. The number of hydrogen-bond acceptors (Lipinski definition) is 12. The Bertz CT molecular complexity index is 1230. The van der Waals surface area contributed by atoms with Crippen molar-refractivity contribution in [1.82, 2.24) is 9.80 Å². The van der Waals surface area contributed by atoms with Crippen molar-refractivity contribution in [3.63, 3.8) is 0 Å². The van der Waals surface area contributed by atoms with Crippen LogP contribution in [0.3, 0.4) is 0 Å². The number of β-amino-alcohol motifs (C(OH)–C–C–N with tert-alkyl or cyclic N) is 1. The van der Waals surface area contributed by atoms with Gasteiger partial charge < -0.3 is 44.3 Å². The smallest absolute Gasteiger partial charge is 0.410 e. The van der Waals surface area contributed by atoms with Gasteiger partial charge in [0.15, 0.2) is 11.7 Å². The molecular weight excluding hydrogens is 648 g/mol. The highest BCUT2D eigenvalue weighted by molar-refractivity contribution is 5.71. The number of piperazine rings is 1. The number of aliphatic hydroxyl groups excluding tert-OH is 3. The maximum atomic E-state index is 13.4. The second kappa shape index (κ2) is 18.6. The molecule has 1 amide bonds. The van der Waals surface area contributed by atoms with E-state index in [1.165, 1.54) is 6.92 Å². The summed E-state index contributed by atoms with van der Waals surface area (Å²) in [6.45, 7) is 14.6. The molecule has 2 fully saturated rings. The number of ether oxygens (including phenoxy) is 4. The molecule has 13 heteroatoms. The molecule has 0 bridgehead atoms. The lowest BCUT2D eigenvalue weighted by molar-refractivity contribution is -0.158. The fourth-order valence-electron chi connectivity index (χ4n) is 6.64. The maximum absolute atomic E-state index is 13.4. The average molecular weight is 709 g/mol. The van der Waals surface area contributed by atoms with Gasteiger partial charge in [-0.05, 0) is 51.7 Å². The summed E-state index contributed by atoms with van der Waals surface area (Å²) in [7, 11) is 0. The van der Waals surface area contributed by atoms with Crippen LogP contribution in [0.4, 0.5) is 4.79 Å². The van der Waals surface area contributed by atoms with E-state index in [-0.39, 0.29) is 44.0 Å². The van der Waals surface area contributed by atoms with E-state index in [1.807, 2.05) is 25.7 Å². The lowest BCUT2D eigenvalue weighted by atomic mass is 9.88. The molecule has 3 rings (SSSR count). The van der Waals surface area contributed by atoms with E-state index in [0.717, 1.165) is 0 Å². The minimum atomic E-state index is -1.36. The Balaban J connectivity index is 1.79. The van der Waals surface area contributed by atoms with Crippen molar-refractivity contribution < 1.29 is 53.8 Å². The molecule has 0 aromatic heterocycles. The Morgan fingerprint density at radius 2 is 1.88 bits per heavy atom. The van der Waals surface area contributed by atoms with Gasteiger partial charge in [-0.25, -0.2) is 4.79 Å². The van der Waals surface area contributed by atoms with Crippen LogP contribution in [0.25, 0.3) is 0 Å². The highest BCUT2D eigenvalue weighted by Crippen LogP contribution is 2.38. The number of esters is 2. The molecule has 13 nitrogen and oxygen atoms in total. The zero-order valence-corrected chi connectivity index (χ0v) is 30.8. The summed E-state index contributed by atoms with van der Waals surface area (Å²) in [6, 6.07) is 0. The molecule has 10 atom stereocenters. The Morgan fingerprint density at radius 3 is 2.50 bits per heavy atom. The van der Waals surface area contributed by atoms with E-state index in [0.29, 0.717) is 51.1 Å². The molecule has 0 aromatic rings. The molecular formula is C37H60N2O11. The number of hydrogen-bond donors (Lipinski definition) is 4. The number of nitrogens with zero attached hydrogens (tertiary/aromatic N) is 2. The summed E-state index contributed by atoms with van der Waals surface area (Å²) >= 11 is 0. The van der Waals surface area contributed by atoms with E-state index in [2.05, 4.69) is 0 Å². The molecule has 3 heterocycles. The van der Waals surface area contributed by atoms with E-state index >= 15 is 0 Å². The third-order valence-corrected chi connectivity index (χ3v) is 10.0. The molecule has 0 aliphatic carbocycles. The maximum Gasteiger partial charge on any atom is 0.410 e. The second-order valence-electron chi connectivity index (χ2n) is 14.6. The van der Waals surface area contributed by atoms with Crippen molar-refractivity contribution in [3.8, 4) is 0 Å². The number of cyclic esters (lactones) is 1. The van der Waals surface area contributed by atoms with Gasteiger partial charge in [0.2, 0.25) is 0 Å². The van der Waals surface area contributed by atoms with Crippen LogP contribution in [0.15, 0.2) is 36.0 Å². The number of aliphatic hydroxyl groups is 4. The highest BCUT2D eigenvalue weighted by Gasteiger charge is 2.47. The van der Waals surface area contributed by atoms with Crippen LogP contribution >= 0.6 is 0 Å². The molecule has 3 aliphatic rings. The van der Waals surface area contributed by atoms with Gasteiger partial charge in [0.05, 0.1) is 43.0 Å². The van der Waals surface area contributed by atoms with Crippen LogP contribution in [-0.2, 0) is 28.5 Å². The lowest BCUT2D eigenvalue weighted by Crippen LogP contribution is -2.53. The van der Waals surface area contributed by atoms with Crippen LogP contribution in [0.2, 0.25) is 0 Å². The first-order valence-electron chi connectivity index (χ1n) is 17.9. The SMILES string of the molecule is CC[C@H](O)[C@@H](C)[C@H]1O[C@@H]1C[C@@](C)(O)/C=C/C=C(\C)[C@H]1OC(=O)C[C@H](O)CC[C@@](C)(OC(=O)N2CCN(CCO)CC2)[C@@H](OC(C)=O)/C=C\[C@@H]1C. The van der Waals surface area contributed by atoms with E-state index in [9.17, 15) is 34.8 Å². The first-order valence-corrected chi connectivity index (χ1v) is 17.9. The Labute approximate surface area is 296 Å². The quantitative estimate of drug-likeness (QED) is 0.0768. The van der Waals surface area contributed by atoms with Crippen LogP contribution in [0.5, 0.6) is 0 Å². The van der Waals surface area contributed by atoms with Crippen molar-refractivity contribution in [1.29, 1.82) is 0 Å². The molecule has 0 spiro atoms. The number of allylic oxidation sites excluding steroid dienone is 2. The summed E-state index contributed by atoms with van der Waals surface area (Å²) in [6.07, 6.45) is 5.25. The van der Waals surface area contributed by atoms with E-state index in [4.69, 9.17) is 18.9 Å². The number of epoxide rings is 1. The minimum absolute atomic E-state index is 0.0277. The Kier molecular flexibility index (Phi) is 15.5. The normalized spacial score (nSPS) is 33.3. The van der Waals surface area contributed by atoms with Gasteiger partial charge >= 0.3 is 18.0 Å². The predicted octanol–water partition coefficient (Wildman–Crippen LogP) is 2.89. The predicted molar refractivity (Wildman–Crippen MR) is 186 cm³/mol. The van der Waals surface area contributed by atoms with Gasteiger partial charge in [-0.15, -0.1) is 0 Å².